The maximum atomic E-state index is 15.1. The van der Waals surface area contributed by atoms with Gasteiger partial charge in [0.15, 0.2) is 5.82 Å². The van der Waals surface area contributed by atoms with Crippen molar-refractivity contribution < 1.29 is 9.18 Å². The molecule has 2 aromatic heterocycles. The number of aromatic nitrogens is 2. The summed E-state index contributed by atoms with van der Waals surface area (Å²) in [5.41, 5.74) is 1.19. The second-order valence-corrected chi connectivity index (χ2v) is 6.87. The van der Waals surface area contributed by atoms with Crippen LogP contribution in [0.4, 0.5) is 10.1 Å². The number of hydrogen-bond donors (Lipinski definition) is 1. The highest BCUT2D eigenvalue weighted by atomic mass is 19.1. The van der Waals surface area contributed by atoms with E-state index in [2.05, 4.69) is 10.4 Å². The number of carbonyl (C=O) groups is 1. The van der Waals surface area contributed by atoms with Gasteiger partial charge in [0, 0.05) is 25.3 Å². The number of nitrogens with one attached hydrogen (secondary N) is 1. The Bertz CT molecular complexity index is 745. The Morgan fingerprint density at radius 2 is 1.92 bits per heavy atom. The highest BCUT2D eigenvalue weighted by Gasteiger charge is 2.24. The molecule has 6 heteroatoms. The zero-order valence-corrected chi connectivity index (χ0v) is 13.8. The summed E-state index contributed by atoms with van der Waals surface area (Å²) in [4.78, 5) is 14.7. The molecule has 0 spiro atoms. The largest absolute Gasteiger partial charge is 0.369 e. The first-order chi connectivity index (χ1) is 11.7. The van der Waals surface area contributed by atoms with Crippen molar-refractivity contribution in [1.82, 2.24) is 14.9 Å². The van der Waals surface area contributed by atoms with Gasteiger partial charge in [0.2, 0.25) is 0 Å². The van der Waals surface area contributed by atoms with Crippen molar-refractivity contribution in [3.05, 3.63) is 29.8 Å². The lowest BCUT2D eigenvalue weighted by molar-refractivity contribution is 0.0929. The van der Waals surface area contributed by atoms with Crippen LogP contribution in [-0.2, 0) is 0 Å². The lowest BCUT2D eigenvalue weighted by atomic mass is 9.95. The van der Waals surface area contributed by atoms with Crippen LogP contribution >= 0.6 is 0 Å². The van der Waals surface area contributed by atoms with Gasteiger partial charge in [-0.05, 0) is 31.7 Å². The second-order valence-electron chi connectivity index (χ2n) is 6.87. The molecular formula is C18H23FN4O. The summed E-state index contributed by atoms with van der Waals surface area (Å²) < 4.78 is 16.5. The van der Waals surface area contributed by atoms with Gasteiger partial charge >= 0.3 is 0 Å². The van der Waals surface area contributed by atoms with E-state index in [0.717, 1.165) is 51.6 Å². The first kappa shape index (κ1) is 15.4. The van der Waals surface area contributed by atoms with E-state index in [9.17, 15) is 4.79 Å². The molecule has 4 rings (SSSR count). The molecule has 24 heavy (non-hydrogen) atoms. The fourth-order valence-corrected chi connectivity index (χ4v) is 3.91. The summed E-state index contributed by atoms with van der Waals surface area (Å²) in [6, 6.07) is 1.95. The highest BCUT2D eigenvalue weighted by Crippen LogP contribution is 2.28. The van der Waals surface area contributed by atoms with Gasteiger partial charge in [-0.1, -0.05) is 19.3 Å². The predicted molar refractivity (Wildman–Crippen MR) is 90.9 cm³/mol. The smallest absolute Gasteiger partial charge is 0.255 e. The van der Waals surface area contributed by atoms with E-state index in [1.807, 2.05) is 4.90 Å². The minimum Gasteiger partial charge on any atom is -0.369 e. The van der Waals surface area contributed by atoms with Crippen molar-refractivity contribution >= 4 is 17.1 Å². The molecule has 0 atom stereocenters. The number of halogens is 1. The molecule has 1 aliphatic carbocycles. The zero-order valence-electron chi connectivity index (χ0n) is 13.8. The molecule has 128 valence electrons. The van der Waals surface area contributed by atoms with Crippen molar-refractivity contribution in [2.45, 2.75) is 51.0 Å². The fraction of sp³-hybridized carbons (Fsp3) is 0.556. The van der Waals surface area contributed by atoms with Gasteiger partial charge in [0.05, 0.1) is 17.4 Å². The van der Waals surface area contributed by atoms with Crippen LogP contribution in [0.1, 0.15) is 55.3 Å². The number of nitrogens with zero attached hydrogens (tertiary/aromatic N) is 3. The lowest BCUT2D eigenvalue weighted by Crippen LogP contribution is -2.36. The van der Waals surface area contributed by atoms with Gasteiger partial charge in [-0.15, -0.1) is 0 Å². The van der Waals surface area contributed by atoms with Crippen LogP contribution in [-0.4, -0.2) is 34.7 Å². The minimum absolute atomic E-state index is 0.200. The summed E-state index contributed by atoms with van der Waals surface area (Å²) in [5, 5.41) is 7.22. The molecule has 2 fully saturated rings. The predicted octanol–water partition coefficient (Wildman–Crippen LogP) is 3.14. The number of fused-ring (bicyclic) bond motifs is 1. The SMILES string of the molecule is O=C(NC1CCCCC1)c1cnn2ccc(N3CCCC3)c(F)c12. The second kappa shape index (κ2) is 6.42. The van der Waals surface area contributed by atoms with Gasteiger partial charge in [-0.3, -0.25) is 4.79 Å². The third-order valence-corrected chi connectivity index (χ3v) is 5.23. The van der Waals surface area contributed by atoms with E-state index >= 15 is 4.39 Å². The van der Waals surface area contributed by atoms with E-state index in [-0.39, 0.29) is 23.3 Å². The molecule has 3 heterocycles. The van der Waals surface area contributed by atoms with Crippen LogP contribution in [0.15, 0.2) is 18.5 Å². The van der Waals surface area contributed by atoms with E-state index in [0.29, 0.717) is 11.3 Å². The molecule has 0 aromatic carbocycles. The Hall–Kier alpha value is -2.11. The normalized spacial score (nSPS) is 19.1. The van der Waals surface area contributed by atoms with Crippen molar-refractivity contribution in [3.8, 4) is 0 Å². The molecule has 0 bridgehead atoms. The van der Waals surface area contributed by atoms with Crippen molar-refractivity contribution in [1.29, 1.82) is 0 Å². The zero-order chi connectivity index (χ0) is 16.5. The Labute approximate surface area is 140 Å². The monoisotopic (exact) mass is 330 g/mol. The fourth-order valence-electron chi connectivity index (χ4n) is 3.91. The first-order valence-electron chi connectivity index (χ1n) is 8.96. The number of anilines is 1. The molecule has 0 unspecified atom stereocenters. The number of carbonyl (C=O) groups excluding carboxylic acids is 1. The van der Waals surface area contributed by atoms with Crippen LogP contribution < -0.4 is 10.2 Å². The molecule has 1 aliphatic heterocycles. The third-order valence-electron chi connectivity index (χ3n) is 5.23. The topological polar surface area (TPSA) is 49.6 Å². The number of rotatable bonds is 3. The van der Waals surface area contributed by atoms with Gasteiger partial charge in [0.1, 0.15) is 5.52 Å². The Morgan fingerprint density at radius 3 is 2.67 bits per heavy atom. The summed E-state index contributed by atoms with van der Waals surface area (Å²) in [6.45, 7) is 1.73. The van der Waals surface area contributed by atoms with Crippen molar-refractivity contribution in [2.24, 2.45) is 0 Å². The van der Waals surface area contributed by atoms with Crippen LogP contribution in [0.3, 0.4) is 0 Å². The van der Waals surface area contributed by atoms with Gasteiger partial charge in [0.25, 0.3) is 5.91 Å². The summed E-state index contributed by atoms with van der Waals surface area (Å²) in [6.07, 6.45) is 10.9. The average Bonchev–Trinajstić information content (AvgIpc) is 3.26. The van der Waals surface area contributed by atoms with E-state index in [4.69, 9.17) is 0 Å². The molecule has 1 saturated carbocycles. The van der Waals surface area contributed by atoms with Crippen molar-refractivity contribution in [3.63, 3.8) is 0 Å². The average molecular weight is 330 g/mol. The van der Waals surface area contributed by atoms with Crippen LogP contribution in [0.25, 0.3) is 5.52 Å². The lowest BCUT2D eigenvalue weighted by Gasteiger charge is -2.22. The van der Waals surface area contributed by atoms with Crippen LogP contribution in [0.2, 0.25) is 0 Å². The molecular weight excluding hydrogens is 307 g/mol. The molecule has 2 aromatic rings. The number of amides is 1. The van der Waals surface area contributed by atoms with E-state index in [1.165, 1.54) is 17.1 Å². The molecule has 2 aliphatic rings. The first-order valence-corrected chi connectivity index (χ1v) is 8.96. The van der Waals surface area contributed by atoms with Crippen LogP contribution in [0, 0.1) is 5.82 Å². The quantitative estimate of drug-likeness (QED) is 0.940. The molecule has 1 amide bonds. The molecule has 5 nitrogen and oxygen atoms in total. The Balaban J connectivity index is 1.65. The number of hydrogen-bond acceptors (Lipinski definition) is 3. The maximum Gasteiger partial charge on any atom is 0.255 e. The maximum absolute atomic E-state index is 15.1. The Kier molecular flexibility index (Phi) is 4.12. The van der Waals surface area contributed by atoms with E-state index < -0.39 is 0 Å². The summed E-state index contributed by atoms with van der Waals surface area (Å²) in [7, 11) is 0. The summed E-state index contributed by atoms with van der Waals surface area (Å²) in [5.74, 6) is -0.555. The molecule has 0 radical (unpaired) electrons. The molecule has 1 saturated heterocycles. The van der Waals surface area contributed by atoms with Crippen molar-refractivity contribution in [2.75, 3.05) is 18.0 Å². The number of pyridine rings is 1. The van der Waals surface area contributed by atoms with Crippen LogP contribution in [0.5, 0.6) is 0 Å². The molecule has 1 N–H and O–H groups in total. The highest BCUT2D eigenvalue weighted by molar-refractivity contribution is 6.01. The van der Waals surface area contributed by atoms with Gasteiger partial charge in [-0.25, -0.2) is 8.91 Å². The standard InChI is InChI=1S/C18H23FN4O/c19-16-15(22-9-4-5-10-22)8-11-23-17(16)14(12-20-23)18(24)21-13-6-2-1-3-7-13/h8,11-13H,1-7,9-10H2,(H,21,24). The minimum atomic E-state index is -0.342. The summed E-state index contributed by atoms with van der Waals surface area (Å²) >= 11 is 0. The Morgan fingerprint density at radius 1 is 1.17 bits per heavy atom. The van der Waals surface area contributed by atoms with Gasteiger partial charge in [-0.2, -0.15) is 5.10 Å². The third kappa shape index (κ3) is 2.74. The van der Waals surface area contributed by atoms with E-state index in [1.54, 1.807) is 12.3 Å². The van der Waals surface area contributed by atoms with Gasteiger partial charge < -0.3 is 10.2 Å².